The van der Waals surface area contributed by atoms with Crippen LogP contribution in [-0.4, -0.2) is 31.7 Å². The van der Waals surface area contributed by atoms with E-state index in [1.54, 1.807) is 36.4 Å². The zero-order chi connectivity index (χ0) is 19.4. The number of amides is 1. The summed E-state index contributed by atoms with van der Waals surface area (Å²) in [5, 5.41) is 20.6. The van der Waals surface area contributed by atoms with Crippen LogP contribution in [0.25, 0.3) is 5.69 Å². The summed E-state index contributed by atoms with van der Waals surface area (Å²) in [6, 6.07) is 13.5. The summed E-state index contributed by atoms with van der Waals surface area (Å²) in [5.41, 5.74) is 1.58. The fourth-order valence-corrected chi connectivity index (χ4v) is 2.84. The first-order valence-electron chi connectivity index (χ1n) is 8.71. The van der Waals surface area contributed by atoms with Crippen molar-refractivity contribution in [2.24, 2.45) is 0 Å². The molecule has 0 saturated heterocycles. The lowest BCUT2D eigenvalue weighted by atomic mass is 10.1. The molecule has 0 bridgehead atoms. The highest BCUT2D eigenvalue weighted by Crippen LogP contribution is 2.22. The van der Waals surface area contributed by atoms with Crippen molar-refractivity contribution in [2.45, 2.75) is 26.7 Å². The molecule has 2 N–H and O–H groups in total. The molecule has 3 rings (SSSR count). The summed E-state index contributed by atoms with van der Waals surface area (Å²) in [4.78, 5) is 24.0. The number of rotatable bonds is 6. The standard InChI is InChI=1S/C20H20N4O3/c1-3-17-22-23-18(4-2)24(17)16-11-14(20(26)27)10-15(12-16)21-19(25)13-8-6-5-7-9-13/h5-12H,3-4H2,1-2H3,(H,21,25)(H,26,27). The van der Waals surface area contributed by atoms with Gasteiger partial charge in [0.2, 0.25) is 0 Å². The second-order valence-corrected chi connectivity index (χ2v) is 5.97. The van der Waals surface area contributed by atoms with E-state index in [-0.39, 0.29) is 11.5 Å². The molecule has 7 heteroatoms. The van der Waals surface area contributed by atoms with E-state index in [0.717, 1.165) is 11.6 Å². The van der Waals surface area contributed by atoms with Crippen LogP contribution in [0.3, 0.4) is 0 Å². The number of hydrogen-bond acceptors (Lipinski definition) is 4. The molecule has 0 atom stereocenters. The quantitative estimate of drug-likeness (QED) is 0.699. The van der Waals surface area contributed by atoms with E-state index in [2.05, 4.69) is 15.5 Å². The molecule has 0 aliphatic carbocycles. The number of benzene rings is 2. The van der Waals surface area contributed by atoms with Gasteiger partial charge >= 0.3 is 5.97 Å². The SMILES string of the molecule is CCc1nnc(CC)n1-c1cc(NC(=O)c2ccccc2)cc(C(=O)O)c1. The topological polar surface area (TPSA) is 97.1 Å². The Labute approximate surface area is 156 Å². The van der Waals surface area contributed by atoms with E-state index in [1.807, 2.05) is 24.5 Å². The van der Waals surface area contributed by atoms with E-state index in [9.17, 15) is 14.7 Å². The minimum Gasteiger partial charge on any atom is -0.478 e. The molecule has 0 spiro atoms. The Bertz CT molecular complexity index is 959. The number of carbonyl (C=O) groups is 2. The summed E-state index contributed by atoms with van der Waals surface area (Å²) in [5.74, 6) is 0.0833. The minimum absolute atomic E-state index is 0.0775. The molecular weight excluding hydrogens is 344 g/mol. The van der Waals surface area contributed by atoms with Crippen molar-refractivity contribution in [3.05, 3.63) is 71.3 Å². The third-order valence-electron chi connectivity index (χ3n) is 4.15. The van der Waals surface area contributed by atoms with Crippen LogP contribution in [-0.2, 0) is 12.8 Å². The molecule has 0 unspecified atom stereocenters. The maximum atomic E-state index is 12.4. The van der Waals surface area contributed by atoms with Crippen molar-refractivity contribution in [3.63, 3.8) is 0 Å². The van der Waals surface area contributed by atoms with Crippen molar-refractivity contribution in [2.75, 3.05) is 5.32 Å². The van der Waals surface area contributed by atoms with Crippen LogP contribution in [0.5, 0.6) is 0 Å². The summed E-state index contributed by atoms with van der Waals surface area (Å²) >= 11 is 0. The van der Waals surface area contributed by atoms with Crippen molar-refractivity contribution in [1.82, 2.24) is 14.8 Å². The molecule has 0 aliphatic rings. The van der Waals surface area contributed by atoms with Gasteiger partial charge in [-0.2, -0.15) is 0 Å². The first-order chi connectivity index (χ1) is 13.0. The van der Waals surface area contributed by atoms with Gasteiger partial charge in [-0.1, -0.05) is 32.0 Å². The van der Waals surface area contributed by atoms with E-state index in [4.69, 9.17) is 0 Å². The number of carboxylic acids is 1. The second kappa shape index (κ2) is 7.82. The molecule has 7 nitrogen and oxygen atoms in total. The van der Waals surface area contributed by atoms with Gasteiger partial charge in [0.1, 0.15) is 11.6 Å². The summed E-state index contributed by atoms with van der Waals surface area (Å²) in [6.07, 6.45) is 1.30. The average Bonchev–Trinajstić information content (AvgIpc) is 3.11. The number of carboxylic acid groups (broad SMARTS) is 1. The van der Waals surface area contributed by atoms with Crippen molar-refractivity contribution in [1.29, 1.82) is 0 Å². The molecule has 27 heavy (non-hydrogen) atoms. The Hall–Kier alpha value is -3.48. The van der Waals surface area contributed by atoms with Crippen LogP contribution in [0.15, 0.2) is 48.5 Å². The largest absolute Gasteiger partial charge is 0.478 e. The summed E-state index contributed by atoms with van der Waals surface area (Å²) in [6.45, 7) is 3.91. The number of aryl methyl sites for hydroxylation is 2. The van der Waals surface area contributed by atoms with Crippen LogP contribution in [0.4, 0.5) is 5.69 Å². The minimum atomic E-state index is -1.07. The number of nitrogens with one attached hydrogen (secondary N) is 1. The Morgan fingerprint density at radius 3 is 2.15 bits per heavy atom. The molecule has 2 aromatic carbocycles. The van der Waals surface area contributed by atoms with Gasteiger partial charge in [-0.05, 0) is 30.3 Å². The third-order valence-corrected chi connectivity index (χ3v) is 4.15. The number of aromatic carboxylic acids is 1. The zero-order valence-electron chi connectivity index (χ0n) is 15.1. The highest BCUT2D eigenvalue weighted by Gasteiger charge is 2.16. The maximum absolute atomic E-state index is 12.4. The lowest BCUT2D eigenvalue weighted by Crippen LogP contribution is -2.13. The molecule has 138 valence electrons. The Balaban J connectivity index is 2.05. The normalized spacial score (nSPS) is 10.6. The van der Waals surface area contributed by atoms with Crippen LogP contribution < -0.4 is 5.32 Å². The van der Waals surface area contributed by atoms with Crippen LogP contribution in [0.2, 0.25) is 0 Å². The molecular formula is C20H20N4O3. The molecule has 1 heterocycles. The second-order valence-electron chi connectivity index (χ2n) is 5.97. The van der Waals surface area contributed by atoms with Crippen LogP contribution in [0.1, 0.15) is 46.2 Å². The molecule has 0 saturated carbocycles. The molecule has 0 radical (unpaired) electrons. The zero-order valence-corrected chi connectivity index (χ0v) is 15.1. The van der Waals surface area contributed by atoms with E-state index in [1.165, 1.54) is 6.07 Å². The molecule has 0 aliphatic heterocycles. The highest BCUT2D eigenvalue weighted by molar-refractivity contribution is 6.05. The lowest BCUT2D eigenvalue weighted by molar-refractivity contribution is 0.0696. The van der Waals surface area contributed by atoms with E-state index in [0.29, 0.717) is 29.8 Å². The first kappa shape index (κ1) is 18.3. The average molecular weight is 364 g/mol. The number of anilines is 1. The smallest absolute Gasteiger partial charge is 0.335 e. The van der Waals surface area contributed by atoms with Gasteiger partial charge in [-0.3, -0.25) is 9.36 Å². The van der Waals surface area contributed by atoms with Gasteiger partial charge in [0.05, 0.1) is 11.3 Å². The predicted molar refractivity (Wildman–Crippen MR) is 101 cm³/mol. The van der Waals surface area contributed by atoms with E-state index < -0.39 is 5.97 Å². The first-order valence-corrected chi connectivity index (χ1v) is 8.71. The highest BCUT2D eigenvalue weighted by atomic mass is 16.4. The fraction of sp³-hybridized carbons (Fsp3) is 0.200. The van der Waals surface area contributed by atoms with Gasteiger partial charge < -0.3 is 10.4 Å². The summed E-state index contributed by atoms with van der Waals surface area (Å²) < 4.78 is 1.84. The summed E-state index contributed by atoms with van der Waals surface area (Å²) in [7, 11) is 0. The van der Waals surface area contributed by atoms with Gasteiger partial charge in [-0.15, -0.1) is 10.2 Å². The van der Waals surface area contributed by atoms with Gasteiger partial charge in [-0.25, -0.2) is 4.79 Å². The number of aromatic nitrogens is 3. The number of carbonyl (C=O) groups excluding carboxylic acids is 1. The molecule has 3 aromatic rings. The van der Waals surface area contributed by atoms with Crippen molar-refractivity contribution in [3.8, 4) is 5.69 Å². The van der Waals surface area contributed by atoms with Crippen LogP contribution in [0, 0.1) is 0 Å². The Morgan fingerprint density at radius 1 is 0.963 bits per heavy atom. The Morgan fingerprint density at radius 2 is 1.59 bits per heavy atom. The predicted octanol–water partition coefficient (Wildman–Crippen LogP) is 3.34. The van der Waals surface area contributed by atoms with Crippen LogP contribution >= 0.6 is 0 Å². The third kappa shape index (κ3) is 3.87. The molecule has 1 amide bonds. The molecule has 1 aromatic heterocycles. The Kier molecular flexibility index (Phi) is 5.30. The number of hydrogen-bond donors (Lipinski definition) is 2. The van der Waals surface area contributed by atoms with Gasteiger partial charge in [0, 0.05) is 24.1 Å². The monoisotopic (exact) mass is 364 g/mol. The lowest BCUT2D eigenvalue weighted by Gasteiger charge is -2.13. The number of nitrogens with zero attached hydrogens (tertiary/aromatic N) is 3. The van der Waals surface area contributed by atoms with Gasteiger partial charge in [0.15, 0.2) is 0 Å². The molecule has 0 fully saturated rings. The van der Waals surface area contributed by atoms with Gasteiger partial charge in [0.25, 0.3) is 5.91 Å². The fourth-order valence-electron chi connectivity index (χ4n) is 2.84. The van der Waals surface area contributed by atoms with E-state index >= 15 is 0 Å². The van der Waals surface area contributed by atoms with Crippen molar-refractivity contribution >= 4 is 17.6 Å². The maximum Gasteiger partial charge on any atom is 0.335 e. The van der Waals surface area contributed by atoms with Crippen molar-refractivity contribution < 1.29 is 14.7 Å².